The van der Waals surface area contributed by atoms with Gasteiger partial charge in [-0.3, -0.25) is 4.90 Å². The first kappa shape index (κ1) is 13.3. The van der Waals surface area contributed by atoms with Crippen molar-refractivity contribution in [2.24, 2.45) is 5.73 Å². The molecule has 0 radical (unpaired) electrons. The molecule has 0 aromatic carbocycles. The van der Waals surface area contributed by atoms with Gasteiger partial charge in [-0.1, -0.05) is 6.42 Å². The molecule has 1 amide bonds. The third kappa shape index (κ3) is 3.37. The summed E-state index contributed by atoms with van der Waals surface area (Å²) in [5, 5.41) is 0. The van der Waals surface area contributed by atoms with Crippen LogP contribution in [0.3, 0.4) is 0 Å². The van der Waals surface area contributed by atoms with Crippen molar-refractivity contribution in [1.82, 2.24) is 4.90 Å². The zero-order chi connectivity index (χ0) is 12.4. The zero-order valence-corrected chi connectivity index (χ0v) is 10.9. The average Bonchev–Trinajstić information content (AvgIpc) is 2.15. The lowest BCUT2D eigenvalue weighted by Gasteiger charge is -2.41. The van der Waals surface area contributed by atoms with Gasteiger partial charge in [0.1, 0.15) is 5.60 Å². The van der Waals surface area contributed by atoms with Crippen molar-refractivity contribution in [1.29, 1.82) is 0 Å². The number of ether oxygens (including phenoxy) is 1. The third-order valence-electron chi connectivity index (χ3n) is 3.05. The molecule has 94 valence electrons. The molecular weight excluding hydrogens is 204 g/mol. The van der Waals surface area contributed by atoms with E-state index in [0.29, 0.717) is 0 Å². The van der Waals surface area contributed by atoms with Crippen molar-refractivity contribution in [3.63, 3.8) is 0 Å². The van der Waals surface area contributed by atoms with Gasteiger partial charge >= 0.3 is 6.09 Å². The van der Waals surface area contributed by atoms with Crippen LogP contribution < -0.4 is 5.73 Å². The number of carbonyl (C=O) groups excluding carboxylic acids is 1. The molecule has 16 heavy (non-hydrogen) atoms. The average molecular weight is 228 g/mol. The largest absolute Gasteiger partial charge is 0.444 e. The molecule has 4 heteroatoms. The highest BCUT2D eigenvalue weighted by Gasteiger charge is 2.36. The second-order valence-electron chi connectivity index (χ2n) is 5.70. The molecule has 0 aliphatic heterocycles. The van der Waals surface area contributed by atoms with Crippen molar-refractivity contribution in [3.8, 4) is 0 Å². The highest BCUT2D eigenvalue weighted by atomic mass is 16.6. The van der Waals surface area contributed by atoms with E-state index >= 15 is 0 Å². The first-order chi connectivity index (χ1) is 7.25. The molecule has 0 spiro atoms. The number of nitrogens with two attached hydrogens (primary N) is 1. The van der Waals surface area contributed by atoms with Gasteiger partial charge < -0.3 is 10.5 Å². The molecule has 4 nitrogen and oxygen atoms in total. The van der Waals surface area contributed by atoms with Crippen molar-refractivity contribution >= 4 is 6.09 Å². The number of hydrogen-bond donors (Lipinski definition) is 1. The molecule has 0 aromatic heterocycles. The Morgan fingerprint density at radius 3 is 2.19 bits per heavy atom. The Kier molecular flexibility index (Phi) is 3.84. The first-order valence-electron chi connectivity index (χ1n) is 6.00. The van der Waals surface area contributed by atoms with Crippen LogP contribution in [0.5, 0.6) is 0 Å². The minimum atomic E-state index is -0.513. The van der Waals surface area contributed by atoms with Gasteiger partial charge in [0, 0.05) is 7.05 Å². The van der Waals surface area contributed by atoms with E-state index in [0.717, 1.165) is 25.7 Å². The van der Waals surface area contributed by atoms with Crippen LogP contribution in [0.15, 0.2) is 0 Å². The van der Waals surface area contributed by atoms with Gasteiger partial charge in [0.05, 0.1) is 5.66 Å². The van der Waals surface area contributed by atoms with E-state index in [1.807, 2.05) is 20.8 Å². The van der Waals surface area contributed by atoms with Crippen molar-refractivity contribution in [2.45, 2.75) is 64.1 Å². The van der Waals surface area contributed by atoms with Crippen LogP contribution in [-0.2, 0) is 4.74 Å². The van der Waals surface area contributed by atoms with E-state index < -0.39 is 11.3 Å². The maximum Gasteiger partial charge on any atom is 0.411 e. The molecule has 2 N–H and O–H groups in total. The van der Waals surface area contributed by atoms with E-state index in [1.165, 1.54) is 6.42 Å². The maximum absolute atomic E-state index is 11.9. The van der Waals surface area contributed by atoms with Crippen LogP contribution in [0.4, 0.5) is 4.79 Å². The summed E-state index contributed by atoms with van der Waals surface area (Å²) >= 11 is 0. The number of amides is 1. The summed E-state index contributed by atoms with van der Waals surface area (Å²) in [5.41, 5.74) is 5.27. The minimum absolute atomic E-state index is 0.322. The van der Waals surface area contributed by atoms with Crippen LogP contribution in [0, 0.1) is 0 Å². The summed E-state index contributed by atoms with van der Waals surface area (Å²) in [5.74, 6) is 0. The molecule has 0 aromatic rings. The minimum Gasteiger partial charge on any atom is -0.444 e. The van der Waals surface area contributed by atoms with Gasteiger partial charge in [0.25, 0.3) is 0 Å². The predicted octanol–water partition coefficient (Wildman–Crippen LogP) is 2.47. The Balaban J connectivity index is 2.61. The predicted molar refractivity (Wildman–Crippen MR) is 64.0 cm³/mol. The molecule has 1 aliphatic carbocycles. The molecule has 1 saturated carbocycles. The van der Waals surface area contributed by atoms with Crippen LogP contribution in [0.1, 0.15) is 52.9 Å². The van der Waals surface area contributed by atoms with Crippen molar-refractivity contribution < 1.29 is 9.53 Å². The van der Waals surface area contributed by atoms with Gasteiger partial charge in [0.2, 0.25) is 0 Å². The second kappa shape index (κ2) is 4.62. The Bertz CT molecular complexity index is 252. The van der Waals surface area contributed by atoms with Crippen LogP contribution in [-0.4, -0.2) is 29.3 Å². The number of hydrogen-bond acceptors (Lipinski definition) is 3. The van der Waals surface area contributed by atoms with Gasteiger partial charge in [0.15, 0.2) is 0 Å². The van der Waals surface area contributed by atoms with Crippen LogP contribution in [0.25, 0.3) is 0 Å². The normalized spacial score (nSPS) is 20.3. The number of carbonyl (C=O) groups is 1. The lowest BCUT2D eigenvalue weighted by Crippen LogP contribution is -2.58. The molecule has 0 saturated heterocycles. The zero-order valence-electron chi connectivity index (χ0n) is 10.9. The lowest BCUT2D eigenvalue weighted by atomic mass is 9.89. The second-order valence-corrected chi connectivity index (χ2v) is 5.70. The molecule has 0 bridgehead atoms. The number of rotatable bonds is 1. The molecule has 0 heterocycles. The van der Waals surface area contributed by atoms with Crippen molar-refractivity contribution in [3.05, 3.63) is 0 Å². The van der Waals surface area contributed by atoms with Crippen LogP contribution >= 0.6 is 0 Å². The fourth-order valence-electron chi connectivity index (χ4n) is 2.01. The van der Waals surface area contributed by atoms with E-state index in [2.05, 4.69) is 0 Å². The van der Waals surface area contributed by atoms with Gasteiger partial charge in [-0.25, -0.2) is 4.79 Å². The van der Waals surface area contributed by atoms with Gasteiger partial charge in [-0.15, -0.1) is 0 Å². The van der Waals surface area contributed by atoms with E-state index in [1.54, 1.807) is 11.9 Å². The van der Waals surface area contributed by atoms with Gasteiger partial charge in [-0.2, -0.15) is 0 Å². The van der Waals surface area contributed by atoms with E-state index in [4.69, 9.17) is 10.5 Å². The topological polar surface area (TPSA) is 55.6 Å². The molecule has 1 aliphatic rings. The lowest BCUT2D eigenvalue weighted by molar-refractivity contribution is -0.00231. The summed E-state index contributed by atoms with van der Waals surface area (Å²) in [6, 6.07) is 0. The summed E-state index contributed by atoms with van der Waals surface area (Å²) < 4.78 is 5.32. The smallest absolute Gasteiger partial charge is 0.411 e. The molecule has 0 unspecified atom stereocenters. The monoisotopic (exact) mass is 228 g/mol. The molecule has 0 atom stereocenters. The highest BCUT2D eigenvalue weighted by Crippen LogP contribution is 2.29. The highest BCUT2D eigenvalue weighted by molar-refractivity contribution is 5.68. The Morgan fingerprint density at radius 2 is 1.75 bits per heavy atom. The standard InChI is InChI=1S/C12H24N2O2/c1-11(2,3)16-10(15)14(4)12(13)8-6-5-7-9-12/h5-9,13H2,1-4H3. The van der Waals surface area contributed by atoms with E-state index in [9.17, 15) is 4.79 Å². The van der Waals surface area contributed by atoms with Gasteiger partial charge in [-0.05, 0) is 46.5 Å². The quantitative estimate of drug-likeness (QED) is 0.701. The SMILES string of the molecule is CN(C(=O)OC(C)(C)C)C1(N)CCCCC1. The van der Waals surface area contributed by atoms with E-state index in [-0.39, 0.29) is 6.09 Å². The third-order valence-corrected chi connectivity index (χ3v) is 3.05. The Labute approximate surface area is 98.1 Å². The Morgan fingerprint density at radius 1 is 1.25 bits per heavy atom. The fraction of sp³-hybridized carbons (Fsp3) is 0.917. The maximum atomic E-state index is 11.9. The Hall–Kier alpha value is -0.770. The molecule has 1 fully saturated rings. The summed E-state index contributed by atoms with van der Waals surface area (Å²) in [7, 11) is 1.74. The van der Waals surface area contributed by atoms with Crippen LogP contribution in [0.2, 0.25) is 0 Å². The summed E-state index contributed by atoms with van der Waals surface area (Å²) in [4.78, 5) is 13.5. The fourth-order valence-corrected chi connectivity index (χ4v) is 2.01. The number of nitrogens with zero attached hydrogens (tertiary/aromatic N) is 1. The first-order valence-corrected chi connectivity index (χ1v) is 6.00. The molecule has 1 rings (SSSR count). The molecular formula is C12H24N2O2. The summed E-state index contributed by atoms with van der Waals surface area (Å²) in [6.07, 6.45) is 4.79. The summed E-state index contributed by atoms with van der Waals surface area (Å²) in [6.45, 7) is 5.59. The van der Waals surface area contributed by atoms with Crippen molar-refractivity contribution in [2.75, 3.05) is 7.05 Å².